The monoisotopic (exact) mass is 370 g/mol. The Labute approximate surface area is 157 Å². The predicted molar refractivity (Wildman–Crippen MR) is 97.7 cm³/mol. The lowest BCUT2D eigenvalue weighted by Gasteiger charge is -2.15. The second-order valence-corrected chi connectivity index (χ2v) is 6.33. The molecule has 3 rings (SSSR count). The van der Waals surface area contributed by atoms with E-state index in [2.05, 4.69) is 10.6 Å². The van der Waals surface area contributed by atoms with Crippen LogP contribution in [0.25, 0.3) is 0 Å². The van der Waals surface area contributed by atoms with Crippen LogP contribution in [0.15, 0.2) is 42.6 Å². The van der Waals surface area contributed by atoms with Crippen molar-refractivity contribution in [2.45, 2.75) is 25.6 Å². The highest BCUT2D eigenvalue weighted by Crippen LogP contribution is 2.21. The summed E-state index contributed by atoms with van der Waals surface area (Å²) < 4.78 is 7.16. The van der Waals surface area contributed by atoms with Gasteiger partial charge in [0.25, 0.3) is 5.91 Å². The Kier molecular flexibility index (Phi) is 5.44. The standard InChI is InChI=1S/C19H22N4O4/c1-22-9-5-7-14(22)11-20-17(24)10-15-18(25)23(19(26)21-15)12-13-6-3-4-8-16(13)27-2/h3-9,15H,10-12H2,1-2H3,(H,20,24)(H,21,26)/t15-/m1/s1. The van der Waals surface area contributed by atoms with Gasteiger partial charge in [0, 0.05) is 24.5 Å². The molecule has 0 unspecified atom stereocenters. The van der Waals surface area contributed by atoms with Crippen molar-refractivity contribution in [3.05, 3.63) is 53.9 Å². The molecule has 0 bridgehead atoms. The first kappa shape index (κ1) is 18.5. The van der Waals surface area contributed by atoms with Crippen LogP contribution in [0.5, 0.6) is 5.75 Å². The van der Waals surface area contributed by atoms with Gasteiger partial charge in [-0.25, -0.2) is 4.79 Å². The number of nitrogens with one attached hydrogen (secondary N) is 2. The minimum absolute atomic E-state index is 0.0934. The maximum Gasteiger partial charge on any atom is 0.325 e. The molecule has 0 spiro atoms. The van der Waals surface area contributed by atoms with E-state index < -0.39 is 18.0 Å². The van der Waals surface area contributed by atoms with E-state index in [4.69, 9.17) is 4.74 Å². The van der Waals surface area contributed by atoms with Gasteiger partial charge >= 0.3 is 6.03 Å². The maximum absolute atomic E-state index is 12.6. The number of urea groups is 1. The van der Waals surface area contributed by atoms with E-state index >= 15 is 0 Å². The van der Waals surface area contributed by atoms with Gasteiger partial charge < -0.3 is 19.9 Å². The maximum atomic E-state index is 12.6. The fourth-order valence-electron chi connectivity index (χ4n) is 3.00. The molecule has 8 heteroatoms. The number of carbonyl (C=O) groups is 3. The number of aromatic nitrogens is 1. The molecule has 4 amide bonds. The summed E-state index contributed by atoms with van der Waals surface area (Å²) in [6, 6.07) is 9.60. The van der Waals surface area contributed by atoms with Crippen molar-refractivity contribution in [3.8, 4) is 5.75 Å². The summed E-state index contributed by atoms with van der Waals surface area (Å²) in [6.07, 6.45) is 1.79. The molecule has 2 aromatic rings. The van der Waals surface area contributed by atoms with Crippen molar-refractivity contribution in [3.63, 3.8) is 0 Å². The number of rotatable bonds is 7. The van der Waals surface area contributed by atoms with Gasteiger partial charge in [-0.3, -0.25) is 14.5 Å². The van der Waals surface area contributed by atoms with E-state index in [-0.39, 0.29) is 18.9 Å². The Bertz CT molecular complexity index is 861. The first-order valence-corrected chi connectivity index (χ1v) is 8.60. The number of para-hydroxylation sites is 1. The lowest BCUT2D eigenvalue weighted by atomic mass is 10.1. The molecular weight excluding hydrogens is 348 g/mol. The highest BCUT2D eigenvalue weighted by atomic mass is 16.5. The molecule has 2 N–H and O–H groups in total. The molecule has 1 aromatic heterocycles. The van der Waals surface area contributed by atoms with Crippen LogP contribution < -0.4 is 15.4 Å². The van der Waals surface area contributed by atoms with Crippen LogP contribution >= 0.6 is 0 Å². The van der Waals surface area contributed by atoms with Crippen LogP contribution in [0.1, 0.15) is 17.7 Å². The molecule has 1 fully saturated rings. The third kappa shape index (κ3) is 4.11. The van der Waals surface area contributed by atoms with E-state index in [1.807, 2.05) is 42.1 Å². The molecule has 1 aliphatic heterocycles. The van der Waals surface area contributed by atoms with Gasteiger partial charge in [-0.2, -0.15) is 0 Å². The molecule has 1 aliphatic rings. The molecule has 142 valence electrons. The van der Waals surface area contributed by atoms with Crippen molar-refractivity contribution in [1.82, 2.24) is 20.1 Å². The summed E-state index contributed by atoms with van der Waals surface area (Å²) in [7, 11) is 3.42. The molecule has 1 aromatic carbocycles. The molecule has 1 atom stereocenters. The summed E-state index contributed by atoms with van der Waals surface area (Å²) >= 11 is 0. The van der Waals surface area contributed by atoms with Crippen LogP contribution in [0.3, 0.4) is 0 Å². The number of hydrogen-bond donors (Lipinski definition) is 2. The van der Waals surface area contributed by atoms with E-state index in [9.17, 15) is 14.4 Å². The van der Waals surface area contributed by atoms with Crippen LogP contribution in [-0.2, 0) is 29.7 Å². The average Bonchev–Trinajstić information content (AvgIpc) is 3.18. The molecule has 2 heterocycles. The lowest BCUT2D eigenvalue weighted by Crippen LogP contribution is -2.36. The Morgan fingerprint density at radius 3 is 2.70 bits per heavy atom. The van der Waals surface area contributed by atoms with Crippen molar-refractivity contribution >= 4 is 17.8 Å². The van der Waals surface area contributed by atoms with Crippen LogP contribution in [-0.4, -0.2) is 40.5 Å². The fraction of sp³-hybridized carbons (Fsp3) is 0.316. The van der Waals surface area contributed by atoms with Crippen molar-refractivity contribution in [2.24, 2.45) is 7.05 Å². The summed E-state index contributed by atoms with van der Waals surface area (Å²) in [5.74, 6) is -0.115. The highest BCUT2D eigenvalue weighted by Gasteiger charge is 2.39. The lowest BCUT2D eigenvalue weighted by molar-refractivity contribution is -0.131. The summed E-state index contributed by atoms with van der Waals surface area (Å²) in [5, 5.41) is 5.35. The second kappa shape index (κ2) is 7.94. The number of methoxy groups -OCH3 is 1. The topological polar surface area (TPSA) is 92.7 Å². The molecule has 27 heavy (non-hydrogen) atoms. The first-order valence-electron chi connectivity index (χ1n) is 8.60. The quantitative estimate of drug-likeness (QED) is 0.716. The Morgan fingerprint density at radius 1 is 1.22 bits per heavy atom. The van der Waals surface area contributed by atoms with E-state index in [0.29, 0.717) is 12.3 Å². The van der Waals surface area contributed by atoms with Crippen LogP contribution in [0, 0.1) is 0 Å². The van der Waals surface area contributed by atoms with Crippen molar-refractivity contribution in [1.29, 1.82) is 0 Å². The SMILES string of the molecule is COc1ccccc1CN1C(=O)N[C@H](CC(=O)NCc2cccn2C)C1=O. The minimum atomic E-state index is -0.861. The number of ether oxygens (including phenoxy) is 1. The fourth-order valence-corrected chi connectivity index (χ4v) is 3.00. The third-order valence-electron chi connectivity index (χ3n) is 4.54. The number of nitrogens with zero attached hydrogens (tertiary/aromatic N) is 2. The average molecular weight is 370 g/mol. The summed E-state index contributed by atoms with van der Waals surface area (Å²) in [6.45, 7) is 0.457. The van der Waals surface area contributed by atoms with Crippen molar-refractivity contribution < 1.29 is 19.1 Å². The summed E-state index contributed by atoms with van der Waals surface area (Å²) in [5.41, 5.74) is 1.67. The van der Waals surface area contributed by atoms with Gasteiger partial charge in [-0.15, -0.1) is 0 Å². The number of imide groups is 1. The van der Waals surface area contributed by atoms with E-state index in [1.165, 1.54) is 7.11 Å². The Balaban J connectivity index is 1.58. The zero-order valence-corrected chi connectivity index (χ0v) is 15.3. The highest BCUT2D eigenvalue weighted by molar-refractivity contribution is 6.05. The Morgan fingerprint density at radius 2 is 2.00 bits per heavy atom. The predicted octanol–water partition coefficient (Wildman–Crippen LogP) is 1.16. The third-order valence-corrected chi connectivity index (χ3v) is 4.54. The number of carbonyl (C=O) groups excluding carboxylic acids is 3. The number of aryl methyl sites for hydroxylation is 1. The summed E-state index contributed by atoms with van der Waals surface area (Å²) in [4.78, 5) is 38.0. The zero-order chi connectivity index (χ0) is 19.4. The van der Waals surface area contributed by atoms with Crippen molar-refractivity contribution in [2.75, 3.05) is 7.11 Å². The second-order valence-electron chi connectivity index (χ2n) is 6.33. The van der Waals surface area contributed by atoms with E-state index in [0.717, 1.165) is 16.2 Å². The zero-order valence-electron chi connectivity index (χ0n) is 15.3. The molecule has 0 saturated carbocycles. The van der Waals surface area contributed by atoms with Crippen LogP contribution in [0.2, 0.25) is 0 Å². The number of benzene rings is 1. The van der Waals surface area contributed by atoms with Gasteiger partial charge in [0.15, 0.2) is 0 Å². The molecule has 8 nitrogen and oxygen atoms in total. The normalized spacial score (nSPS) is 16.4. The molecular formula is C19H22N4O4. The van der Waals surface area contributed by atoms with Gasteiger partial charge in [0.2, 0.25) is 5.91 Å². The molecule has 0 radical (unpaired) electrons. The van der Waals surface area contributed by atoms with E-state index in [1.54, 1.807) is 12.1 Å². The van der Waals surface area contributed by atoms with Gasteiger partial charge in [-0.05, 0) is 18.2 Å². The first-order chi connectivity index (χ1) is 13.0. The molecule has 0 aliphatic carbocycles. The smallest absolute Gasteiger partial charge is 0.325 e. The number of hydrogen-bond acceptors (Lipinski definition) is 4. The van der Waals surface area contributed by atoms with Crippen LogP contribution in [0.4, 0.5) is 4.79 Å². The Hall–Kier alpha value is -3.29. The van der Waals surface area contributed by atoms with Gasteiger partial charge in [0.1, 0.15) is 11.8 Å². The van der Waals surface area contributed by atoms with Gasteiger partial charge in [0.05, 0.1) is 26.6 Å². The largest absolute Gasteiger partial charge is 0.496 e. The minimum Gasteiger partial charge on any atom is -0.496 e. The van der Waals surface area contributed by atoms with Gasteiger partial charge in [-0.1, -0.05) is 18.2 Å². The number of amides is 4. The molecule has 1 saturated heterocycles.